The summed E-state index contributed by atoms with van der Waals surface area (Å²) in [6.45, 7) is 3.99. The average molecular weight is 186 g/mol. The molecule has 0 amide bonds. The SMILES string of the molecule is CCCCCCCCC(C)C(=O)O. The fourth-order valence-corrected chi connectivity index (χ4v) is 1.35. The highest BCUT2D eigenvalue weighted by Crippen LogP contribution is 2.11. The fraction of sp³-hybridized carbons (Fsp3) is 0.909. The van der Waals surface area contributed by atoms with Crippen molar-refractivity contribution in [3.8, 4) is 0 Å². The summed E-state index contributed by atoms with van der Waals surface area (Å²) in [5, 5.41) is 8.62. The molecule has 0 aromatic rings. The molecular formula is C11H22O2. The molecule has 1 unspecified atom stereocenters. The van der Waals surface area contributed by atoms with Gasteiger partial charge in [0.05, 0.1) is 5.92 Å². The molecule has 2 nitrogen and oxygen atoms in total. The van der Waals surface area contributed by atoms with Crippen LogP contribution in [-0.2, 0) is 4.79 Å². The molecule has 0 spiro atoms. The minimum Gasteiger partial charge on any atom is -0.481 e. The number of carboxylic acid groups (broad SMARTS) is 1. The van der Waals surface area contributed by atoms with Gasteiger partial charge in [0.2, 0.25) is 0 Å². The van der Waals surface area contributed by atoms with Crippen LogP contribution in [0.15, 0.2) is 0 Å². The second kappa shape index (κ2) is 8.09. The summed E-state index contributed by atoms with van der Waals surface area (Å²) in [5.74, 6) is -0.820. The molecule has 1 atom stereocenters. The number of aliphatic carboxylic acids is 1. The molecule has 0 rings (SSSR count). The second-order valence-electron chi connectivity index (χ2n) is 3.80. The van der Waals surface area contributed by atoms with E-state index in [0.29, 0.717) is 0 Å². The summed E-state index contributed by atoms with van der Waals surface area (Å²) in [5.41, 5.74) is 0. The molecule has 0 saturated heterocycles. The van der Waals surface area contributed by atoms with Crippen molar-refractivity contribution in [2.75, 3.05) is 0 Å². The predicted molar refractivity (Wildman–Crippen MR) is 54.8 cm³/mol. The molecule has 0 aliphatic rings. The maximum Gasteiger partial charge on any atom is 0.306 e. The molecule has 0 fully saturated rings. The van der Waals surface area contributed by atoms with Gasteiger partial charge in [0.15, 0.2) is 0 Å². The Morgan fingerprint density at radius 1 is 1.15 bits per heavy atom. The van der Waals surface area contributed by atoms with Gasteiger partial charge < -0.3 is 5.11 Å². The summed E-state index contributed by atoms with van der Waals surface area (Å²) in [6, 6.07) is 0. The zero-order valence-corrected chi connectivity index (χ0v) is 8.88. The molecule has 0 aliphatic carbocycles. The third kappa shape index (κ3) is 7.82. The van der Waals surface area contributed by atoms with Crippen molar-refractivity contribution in [1.29, 1.82) is 0 Å². The van der Waals surface area contributed by atoms with Crippen molar-refractivity contribution in [2.45, 2.75) is 58.8 Å². The van der Waals surface area contributed by atoms with Crippen molar-refractivity contribution < 1.29 is 9.90 Å². The summed E-state index contributed by atoms with van der Waals surface area (Å²) in [4.78, 5) is 10.5. The van der Waals surface area contributed by atoms with Crippen molar-refractivity contribution in [3.63, 3.8) is 0 Å². The first-order valence-electron chi connectivity index (χ1n) is 5.41. The van der Waals surface area contributed by atoms with Crippen LogP contribution < -0.4 is 0 Å². The molecule has 0 aromatic heterocycles. The first kappa shape index (κ1) is 12.5. The predicted octanol–water partition coefficient (Wildman–Crippen LogP) is 3.46. The standard InChI is InChI=1S/C11H22O2/c1-3-4-5-6-7-8-9-10(2)11(12)13/h10H,3-9H2,1-2H3,(H,12,13). The molecular weight excluding hydrogens is 164 g/mol. The van der Waals surface area contributed by atoms with E-state index >= 15 is 0 Å². The molecule has 0 saturated carbocycles. The smallest absolute Gasteiger partial charge is 0.306 e. The molecule has 0 radical (unpaired) electrons. The van der Waals surface area contributed by atoms with Gasteiger partial charge >= 0.3 is 5.97 Å². The van der Waals surface area contributed by atoms with Crippen LogP contribution in [0.5, 0.6) is 0 Å². The third-order valence-electron chi connectivity index (χ3n) is 2.41. The summed E-state index contributed by atoms with van der Waals surface area (Å²) < 4.78 is 0. The highest BCUT2D eigenvalue weighted by molar-refractivity contribution is 5.69. The van der Waals surface area contributed by atoms with E-state index in [4.69, 9.17) is 5.11 Å². The van der Waals surface area contributed by atoms with Gasteiger partial charge in [0, 0.05) is 0 Å². The van der Waals surface area contributed by atoms with E-state index < -0.39 is 5.97 Å². The lowest BCUT2D eigenvalue weighted by Crippen LogP contribution is -2.08. The first-order chi connectivity index (χ1) is 6.18. The molecule has 2 heteroatoms. The molecule has 0 bridgehead atoms. The van der Waals surface area contributed by atoms with E-state index in [2.05, 4.69) is 6.92 Å². The highest BCUT2D eigenvalue weighted by atomic mass is 16.4. The van der Waals surface area contributed by atoms with Crippen LogP contribution in [0.25, 0.3) is 0 Å². The molecule has 78 valence electrons. The first-order valence-corrected chi connectivity index (χ1v) is 5.41. The Bertz CT molecular complexity index is 132. The summed E-state index contributed by atoms with van der Waals surface area (Å²) in [7, 11) is 0. The summed E-state index contributed by atoms with van der Waals surface area (Å²) in [6.07, 6.45) is 8.24. The maximum atomic E-state index is 10.5. The zero-order chi connectivity index (χ0) is 10.1. The van der Waals surface area contributed by atoms with Crippen LogP contribution >= 0.6 is 0 Å². The Labute approximate surface area is 81.3 Å². The van der Waals surface area contributed by atoms with Gasteiger partial charge in [0.1, 0.15) is 0 Å². The molecule has 13 heavy (non-hydrogen) atoms. The van der Waals surface area contributed by atoms with Gasteiger partial charge in [-0.25, -0.2) is 0 Å². The third-order valence-corrected chi connectivity index (χ3v) is 2.41. The van der Waals surface area contributed by atoms with Crippen molar-refractivity contribution in [3.05, 3.63) is 0 Å². The Morgan fingerprint density at radius 3 is 2.23 bits per heavy atom. The number of rotatable bonds is 8. The van der Waals surface area contributed by atoms with Gasteiger partial charge in [0.25, 0.3) is 0 Å². The van der Waals surface area contributed by atoms with Crippen LogP contribution in [0.1, 0.15) is 58.8 Å². The Hall–Kier alpha value is -0.530. The average Bonchev–Trinajstić information content (AvgIpc) is 2.10. The second-order valence-corrected chi connectivity index (χ2v) is 3.80. The van der Waals surface area contributed by atoms with Gasteiger partial charge in [-0.3, -0.25) is 4.79 Å². The van der Waals surface area contributed by atoms with Crippen LogP contribution in [0.3, 0.4) is 0 Å². The van der Waals surface area contributed by atoms with Gasteiger partial charge in [-0.05, 0) is 6.42 Å². The van der Waals surface area contributed by atoms with Crippen molar-refractivity contribution in [1.82, 2.24) is 0 Å². The van der Waals surface area contributed by atoms with Crippen LogP contribution in [0, 0.1) is 5.92 Å². The minimum atomic E-state index is -0.659. The van der Waals surface area contributed by atoms with Gasteiger partial charge in [-0.15, -0.1) is 0 Å². The monoisotopic (exact) mass is 186 g/mol. The Kier molecular flexibility index (Phi) is 7.76. The molecule has 1 N–H and O–H groups in total. The quantitative estimate of drug-likeness (QED) is 0.589. The van der Waals surface area contributed by atoms with E-state index in [0.717, 1.165) is 12.8 Å². The van der Waals surface area contributed by atoms with E-state index in [1.54, 1.807) is 6.92 Å². The minimum absolute atomic E-state index is 0.161. The Balaban J connectivity index is 3.11. The summed E-state index contributed by atoms with van der Waals surface area (Å²) >= 11 is 0. The number of hydrogen-bond acceptors (Lipinski definition) is 1. The number of unbranched alkanes of at least 4 members (excludes halogenated alkanes) is 5. The maximum absolute atomic E-state index is 10.5. The van der Waals surface area contributed by atoms with Crippen LogP contribution in [-0.4, -0.2) is 11.1 Å². The van der Waals surface area contributed by atoms with Crippen LogP contribution in [0.4, 0.5) is 0 Å². The van der Waals surface area contributed by atoms with E-state index in [9.17, 15) is 4.79 Å². The van der Waals surface area contributed by atoms with Crippen LogP contribution in [0.2, 0.25) is 0 Å². The van der Waals surface area contributed by atoms with Gasteiger partial charge in [-0.1, -0.05) is 52.4 Å². The van der Waals surface area contributed by atoms with E-state index in [1.165, 1.54) is 32.1 Å². The van der Waals surface area contributed by atoms with Gasteiger partial charge in [-0.2, -0.15) is 0 Å². The fourth-order valence-electron chi connectivity index (χ4n) is 1.35. The molecule has 0 heterocycles. The highest BCUT2D eigenvalue weighted by Gasteiger charge is 2.08. The molecule has 0 aliphatic heterocycles. The number of carbonyl (C=O) groups is 1. The lowest BCUT2D eigenvalue weighted by atomic mass is 10.0. The van der Waals surface area contributed by atoms with Crippen molar-refractivity contribution >= 4 is 5.97 Å². The number of carboxylic acids is 1. The van der Waals surface area contributed by atoms with Crippen molar-refractivity contribution in [2.24, 2.45) is 5.92 Å². The molecule has 0 aromatic carbocycles. The number of hydrogen-bond donors (Lipinski definition) is 1. The largest absolute Gasteiger partial charge is 0.481 e. The lowest BCUT2D eigenvalue weighted by Gasteiger charge is -2.04. The van der Waals surface area contributed by atoms with E-state index in [1.807, 2.05) is 0 Å². The van der Waals surface area contributed by atoms with E-state index in [-0.39, 0.29) is 5.92 Å². The Morgan fingerprint density at radius 2 is 1.69 bits per heavy atom. The topological polar surface area (TPSA) is 37.3 Å². The zero-order valence-electron chi connectivity index (χ0n) is 8.88. The normalized spacial score (nSPS) is 12.8. The lowest BCUT2D eigenvalue weighted by molar-refractivity contribution is -0.141.